The highest BCUT2D eigenvalue weighted by Crippen LogP contribution is 2.23. The van der Waals surface area contributed by atoms with E-state index in [0.717, 1.165) is 50.1 Å². The van der Waals surface area contributed by atoms with Crippen molar-refractivity contribution < 1.29 is 14.2 Å². The Hall–Kier alpha value is -2.11. The van der Waals surface area contributed by atoms with Crippen LogP contribution in [0.4, 0.5) is 0 Å². The molecule has 1 aromatic heterocycles. The van der Waals surface area contributed by atoms with Crippen molar-refractivity contribution >= 4 is 29.9 Å². The van der Waals surface area contributed by atoms with E-state index in [9.17, 15) is 0 Å². The summed E-state index contributed by atoms with van der Waals surface area (Å²) in [6, 6.07) is 12.3. The summed E-state index contributed by atoms with van der Waals surface area (Å²) in [7, 11) is 5.08. The van der Waals surface area contributed by atoms with Crippen LogP contribution in [0.15, 0.2) is 47.6 Å². The molecule has 8 nitrogen and oxygen atoms in total. The van der Waals surface area contributed by atoms with E-state index in [-0.39, 0.29) is 30.0 Å². The van der Waals surface area contributed by atoms with Crippen LogP contribution in [0.2, 0.25) is 0 Å². The van der Waals surface area contributed by atoms with Crippen LogP contribution < -0.4 is 20.1 Å². The van der Waals surface area contributed by atoms with E-state index in [4.69, 9.17) is 14.2 Å². The van der Waals surface area contributed by atoms with Crippen LogP contribution in [0, 0.1) is 0 Å². The molecule has 2 N–H and O–H groups in total. The minimum absolute atomic E-state index is 0. The van der Waals surface area contributed by atoms with Gasteiger partial charge in [-0.05, 0) is 23.8 Å². The van der Waals surface area contributed by atoms with E-state index in [1.807, 2.05) is 24.3 Å². The number of hydrogen-bond donors (Lipinski definition) is 2. The number of ether oxygens (including phenoxy) is 3. The molecular formula is C22H32IN5O3. The smallest absolute Gasteiger partial charge is 0.218 e. The highest BCUT2D eigenvalue weighted by molar-refractivity contribution is 14.0. The number of morpholine rings is 1. The number of aromatic nitrogens is 1. The molecule has 0 bridgehead atoms. The molecule has 0 saturated carbocycles. The molecule has 170 valence electrons. The fourth-order valence-corrected chi connectivity index (χ4v) is 3.51. The van der Waals surface area contributed by atoms with Gasteiger partial charge in [0.15, 0.2) is 5.96 Å². The van der Waals surface area contributed by atoms with Crippen molar-refractivity contribution in [3.63, 3.8) is 0 Å². The molecule has 0 spiro atoms. The van der Waals surface area contributed by atoms with Crippen LogP contribution >= 0.6 is 24.0 Å². The highest BCUT2D eigenvalue weighted by atomic mass is 127. The van der Waals surface area contributed by atoms with Gasteiger partial charge < -0.3 is 24.8 Å². The fourth-order valence-electron chi connectivity index (χ4n) is 3.51. The van der Waals surface area contributed by atoms with Crippen molar-refractivity contribution in [2.24, 2.45) is 4.99 Å². The van der Waals surface area contributed by atoms with Crippen LogP contribution in [0.3, 0.4) is 0 Å². The quantitative estimate of drug-likeness (QED) is 0.302. The van der Waals surface area contributed by atoms with Crippen LogP contribution in [0.5, 0.6) is 11.6 Å². The van der Waals surface area contributed by atoms with Gasteiger partial charge in [0.25, 0.3) is 0 Å². The maximum absolute atomic E-state index is 5.54. The number of aliphatic imine (C=N–C) groups is 1. The van der Waals surface area contributed by atoms with Gasteiger partial charge >= 0.3 is 0 Å². The molecule has 0 radical (unpaired) electrons. The molecule has 2 heterocycles. The van der Waals surface area contributed by atoms with Crippen molar-refractivity contribution in [3.8, 4) is 11.6 Å². The van der Waals surface area contributed by atoms with E-state index in [1.54, 1.807) is 27.5 Å². The molecule has 2 aromatic rings. The van der Waals surface area contributed by atoms with Gasteiger partial charge in [-0.1, -0.05) is 18.2 Å². The molecule has 1 aliphatic heterocycles. The maximum Gasteiger partial charge on any atom is 0.218 e. The lowest BCUT2D eigenvalue weighted by molar-refractivity contribution is 0.0170. The summed E-state index contributed by atoms with van der Waals surface area (Å²) >= 11 is 0. The second-order valence-electron chi connectivity index (χ2n) is 6.92. The number of hydrogen-bond acceptors (Lipinski definition) is 6. The molecule has 0 amide bonds. The summed E-state index contributed by atoms with van der Waals surface area (Å²) in [6.45, 7) is 4.59. The molecule has 1 saturated heterocycles. The number of guanidine groups is 1. The maximum atomic E-state index is 5.54. The van der Waals surface area contributed by atoms with Gasteiger partial charge in [0.2, 0.25) is 5.88 Å². The molecule has 9 heteroatoms. The predicted octanol–water partition coefficient (Wildman–Crippen LogP) is 2.46. The van der Waals surface area contributed by atoms with Crippen LogP contribution in [0.1, 0.15) is 17.2 Å². The molecule has 0 aliphatic carbocycles. The van der Waals surface area contributed by atoms with Crippen LogP contribution in [-0.4, -0.2) is 70.0 Å². The molecule has 1 unspecified atom stereocenters. The van der Waals surface area contributed by atoms with Gasteiger partial charge in [-0.25, -0.2) is 4.98 Å². The standard InChI is InChI=1S/C22H31N5O3.HI/c1-23-22(25-15-18-5-4-10-24-21(18)29-3)26-16-20(27-11-13-30-14-12-27)17-6-8-19(28-2)9-7-17;/h4-10,20H,11-16H2,1-3H3,(H2,23,25,26);1H. The second-order valence-corrected chi connectivity index (χ2v) is 6.92. The lowest BCUT2D eigenvalue weighted by atomic mass is 10.0. The van der Waals surface area contributed by atoms with E-state index in [2.05, 4.69) is 37.6 Å². The first-order valence-electron chi connectivity index (χ1n) is 10.1. The van der Waals surface area contributed by atoms with Gasteiger partial charge in [-0.3, -0.25) is 9.89 Å². The van der Waals surface area contributed by atoms with Gasteiger partial charge in [0, 0.05) is 45.0 Å². The molecule has 1 aliphatic rings. The summed E-state index contributed by atoms with van der Waals surface area (Å²) in [6.07, 6.45) is 1.72. The van der Waals surface area contributed by atoms with E-state index in [1.165, 1.54) is 5.56 Å². The first kappa shape index (κ1) is 25.2. The molecule has 1 aromatic carbocycles. The van der Waals surface area contributed by atoms with E-state index < -0.39 is 0 Å². The Kier molecular flexibility index (Phi) is 10.8. The summed E-state index contributed by atoms with van der Waals surface area (Å²) in [5, 5.41) is 6.81. The van der Waals surface area contributed by atoms with Gasteiger partial charge in [-0.15, -0.1) is 24.0 Å². The average molecular weight is 541 g/mol. The molecular weight excluding hydrogens is 509 g/mol. The molecule has 31 heavy (non-hydrogen) atoms. The number of methoxy groups -OCH3 is 2. The lowest BCUT2D eigenvalue weighted by Crippen LogP contribution is -2.46. The number of nitrogens with zero attached hydrogens (tertiary/aromatic N) is 3. The van der Waals surface area contributed by atoms with Crippen molar-refractivity contribution in [2.75, 3.05) is 54.1 Å². The summed E-state index contributed by atoms with van der Waals surface area (Å²) in [5.41, 5.74) is 2.21. The minimum atomic E-state index is 0. The van der Waals surface area contributed by atoms with Crippen molar-refractivity contribution in [1.82, 2.24) is 20.5 Å². The number of pyridine rings is 1. The Labute approximate surface area is 201 Å². The third-order valence-corrected chi connectivity index (χ3v) is 5.16. The Morgan fingerprint density at radius 1 is 1.13 bits per heavy atom. The number of benzene rings is 1. The number of rotatable bonds is 8. The van der Waals surface area contributed by atoms with Crippen molar-refractivity contribution in [1.29, 1.82) is 0 Å². The predicted molar refractivity (Wildman–Crippen MR) is 133 cm³/mol. The second kappa shape index (κ2) is 13.3. The molecule has 1 fully saturated rings. The first-order chi connectivity index (χ1) is 14.7. The molecule has 1 atom stereocenters. The van der Waals surface area contributed by atoms with E-state index >= 15 is 0 Å². The lowest BCUT2D eigenvalue weighted by Gasteiger charge is -2.35. The average Bonchev–Trinajstić information content (AvgIpc) is 2.82. The fraction of sp³-hybridized carbons (Fsp3) is 0.455. The van der Waals surface area contributed by atoms with E-state index in [0.29, 0.717) is 12.4 Å². The summed E-state index contributed by atoms with van der Waals surface area (Å²) < 4.78 is 16.2. The zero-order valence-corrected chi connectivity index (χ0v) is 20.7. The zero-order chi connectivity index (χ0) is 21.2. The topological polar surface area (TPSA) is 80.2 Å². The number of halogens is 1. The molecule has 3 rings (SSSR count). The van der Waals surface area contributed by atoms with Crippen molar-refractivity contribution in [2.45, 2.75) is 12.6 Å². The third-order valence-electron chi connectivity index (χ3n) is 5.16. The van der Waals surface area contributed by atoms with Gasteiger partial charge in [0.1, 0.15) is 5.75 Å². The first-order valence-corrected chi connectivity index (χ1v) is 10.1. The zero-order valence-electron chi connectivity index (χ0n) is 18.3. The Morgan fingerprint density at radius 3 is 2.52 bits per heavy atom. The monoisotopic (exact) mass is 541 g/mol. The minimum Gasteiger partial charge on any atom is -0.497 e. The summed E-state index contributed by atoms with van der Waals surface area (Å²) in [4.78, 5) is 11.0. The largest absolute Gasteiger partial charge is 0.497 e. The Morgan fingerprint density at radius 2 is 1.87 bits per heavy atom. The SMILES string of the molecule is CN=C(NCc1cccnc1OC)NCC(c1ccc(OC)cc1)N1CCOCC1.I. The number of nitrogens with one attached hydrogen (secondary N) is 2. The van der Waals surface area contributed by atoms with Crippen LogP contribution in [0.25, 0.3) is 0 Å². The van der Waals surface area contributed by atoms with Gasteiger partial charge in [-0.2, -0.15) is 0 Å². The summed E-state index contributed by atoms with van der Waals surface area (Å²) in [5.74, 6) is 2.20. The Bertz CT molecular complexity index is 813. The Balaban J connectivity index is 0.00000341. The highest BCUT2D eigenvalue weighted by Gasteiger charge is 2.23. The third kappa shape index (κ3) is 7.22. The van der Waals surface area contributed by atoms with Crippen molar-refractivity contribution in [3.05, 3.63) is 53.7 Å². The van der Waals surface area contributed by atoms with Gasteiger partial charge in [0.05, 0.1) is 33.5 Å². The normalized spacial score (nSPS) is 15.5. The van der Waals surface area contributed by atoms with Crippen LogP contribution in [-0.2, 0) is 11.3 Å².